The van der Waals surface area contributed by atoms with E-state index < -0.39 is 6.04 Å². The zero-order valence-corrected chi connectivity index (χ0v) is 22.7. The molecule has 4 aromatic rings. The second kappa shape index (κ2) is 12.5. The van der Waals surface area contributed by atoms with E-state index in [9.17, 15) is 9.59 Å². The van der Waals surface area contributed by atoms with E-state index in [2.05, 4.69) is 27.8 Å². The number of anilines is 1. The minimum Gasteiger partial charge on any atom is -0.497 e. The minimum absolute atomic E-state index is 0.0362. The van der Waals surface area contributed by atoms with Gasteiger partial charge in [0.15, 0.2) is 0 Å². The number of hydrogen-bond donors (Lipinski definition) is 1. The van der Waals surface area contributed by atoms with Crippen molar-refractivity contribution in [1.82, 2.24) is 19.9 Å². The quantitative estimate of drug-likeness (QED) is 0.290. The number of aromatic nitrogens is 3. The molecule has 2 amide bonds. The molecular weight excluding hydrogens is 506 g/mol. The zero-order valence-electron chi connectivity index (χ0n) is 22.7. The summed E-state index contributed by atoms with van der Waals surface area (Å²) >= 11 is 0. The number of carbonyl (C=O) groups is 2. The largest absolute Gasteiger partial charge is 0.497 e. The average molecular weight is 540 g/mol. The second-order valence-electron chi connectivity index (χ2n) is 9.81. The van der Waals surface area contributed by atoms with Crippen LogP contribution in [0.3, 0.4) is 0 Å². The summed E-state index contributed by atoms with van der Waals surface area (Å²) in [6, 6.07) is 21.6. The maximum atomic E-state index is 14.1. The number of fused-ring (bicyclic) bond motifs is 1. The molecule has 1 N–H and O–H groups in total. The van der Waals surface area contributed by atoms with Crippen LogP contribution in [0.4, 0.5) is 5.69 Å². The molecule has 206 valence electrons. The molecule has 40 heavy (non-hydrogen) atoms. The van der Waals surface area contributed by atoms with Crippen molar-refractivity contribution in [2.45, 2.75) is 38.4 Å². The molecule has 1 aliphatic rings. The smallest absolute Gasteiger partial charge is 0.247 e. The van der Waals surface area contributed by atoms with E-state index in [0.29, 0.717) is 23.4 Å². The third kappa shape index (κ3) is 6.14. The van der Waals surface area contributed by atoms with E-state index in [4.69, 9.17) is 9.47 Å². The van der Waals surface area contributed by atoms with Gasteiger partial charge in [-0.15, -0.1) is 5.10 Å². The summed E-state index contributed by atoms with van der Waals surface area (Å²) in [7, 11) is 3.21. The molecule has 1 aromatic heterocycles. The Morgan fingerprint density at radius 1 is 0.975 bits per heavy atom. The normalized spacial score (nSPS) is 15.4. The first-order chi connectivity index (χ1) is 19.6. The standard InChI is InChI=1S/C31H33N5O4/c1-39-25-16-12-22(13-17-25)20-35(29(37)21-36-28-11-7-6-10-27(28)33-34-36)30(23-8-4-3-5-9-23)31(38)32-24-14-18-26(40-2)19-15-24/h3-4,6-7,10-19,23,30H,5,8-9,20-21H2,1-2H3,(H,32,38)/t23-,30+/m1/s1. The molecule has 9 heteroatoms. The number of ether oxygens (including phenoxy) is 2. The molecule has 0 fully saturated rings. The molecule has 5 rings (SSSR count). The third-order valence-electron chi connectivity index (χ3n) is 7.26. The highest BCUT2D eigenvalue weighted by Gasteiger charge is 2.37. The maximum Gasteiger partial charge on any atom is 0.247 e. The number of amides is 2. The van der Waals surface area contributed by atoms with Crippen LogP contribution in [0.2, 0.25) is 0 Å². The molecule has 0 radical (unpaired) electrons. The molecular formula is C31H33N5O4. The molecule has 2 atom stereocenters. The van der Waals surface area contributed by atoms with Crippen molar-refractivity contribution in [3.05, 3.63) is 90.5 Å². The number of rotatable bonds is 10. The Bertz CT molecular complexity index is 1480. The third-order valence-corrected chi connectivity index (χ3v) is 7.26. The topological polar surface area (TPSA) is 98.6 Å². The van der Waals surface area contributed by atoms with Gasteiger partial charge in [0.05, 0.1) is 19.7 Å². The lowest BCUT2D eigenvalue weighted by Gasteiger charge is -2.37. The van der Waals surface area contributed by atoms with Crippen molar-refractivity contribution in [2.24, 2.45) is 5.92 Å². The maximum absolute atomic E-state index is 14.1. The summed E-state index contributed by atoms with van der Waals surface area (Å²) in [4.78, 5) is 29.8. The van der Waals surface area contributed by atoms with Crippen LogP contribution in [-0.2, 0) is 22.7 Å². The lowest BCUT2D eigenvalue weighted by molar-refractivity contribution is -0.142. The van der Waals surface area contributed by atoms with Gasteiger partial charge >= 0.3 is 0 Å². The molecule has 1 heterocycles. The Labute approximate surface area is 233 Å². The number of methoxy groups -OCH3 is 2. The van der Waals surface area contributed by atoms with Crippen molar-refractivity contribution in [3.63, 3.8) is 0 Å². The first kappa shape index (κ1) is 26.9. The van der Waals surface area contributed by atoms with E-state index in [-0.39, 0.29) is 30.8 Å². The molecule has 3 aromatic carbocycles. The summed E-state index contributed by atoms with van der Waals surface area (Å²) in [5, 5.41) is 11.5. The van der Waals surface area contributed by atoms with Gasteiger partial charge < -0.3 is 19.7 Å². The molecule has 0 bridgehead atoms. The molecule has 1 aliphatic carbocycles. The van der Waals surface area contributed by atoms with Gasteiger partial charge in [-0.3, -0.25) is 9.59 Å². The Hall–Kier alpha value is -4.66. The Morgan fingerprint density at radius 2 is 1.68 bits per heavy atom. The monoisotopic (exact) mass is 539 g/mol. The number of carbonyl (C=O) groups excluding carboxylic acids is 2. The van der Waals surface area contributed by atoms with Crippen molar-refractivity contribution in [2.75, 3.05) is 19.5 Å². The van der Waals surface area contributed by atoms with Crippen molar-refractivity contribution >= 4 is 28.5 Å². The highest BCUT2D eigenvalue weighted by atomic mass is 16.5. The molecule has 0 saturated carbocycles. The number of allylic oxidation sites excluding steroid dienone is 2. The van der Waals surface area contributed by atoms with Gasteiger partial charge in [-0.2, -0.15) is 0 Å². The van der Waals surface area contributed by atoms with Crippen LogP contribution in [0.5, 0.6) is 11.5 Å². The van der Waals surface area contributed by atoms with E-state index in [1.807, 2.05) is 48.5 Å². The van der Waals surface area contributed by atoms with Crippen molar-refractivity contribution < 1.29 is 19.1 Å². The summed E-state index contributed by atoms with van der Waals surface area (Å²) in [5.41, 5.74) is 3.01. The fourth-order valence-electron chi connectivity index (χ4n) is 5.13. The van der Waals surface area contributed by atoms with E-state index in [1.165, 1.54) is 0 Å². The number of para-hydroxylation sites is 1. The van der Waals surface area contributed by atoms with Crippen LogP contribution in [-0.4, -0.2) is 52.0 Å². The van der Waals surface area contributed by atoms with Gasteiger partial charge in [0, 0.05) is 12.2 Å². The van der Waals surface area contributed by atoms with Gasteiger partial charge in [-0.1, -0.05) is 41.6 Å². The predicted octanol–water partition coefficient (Wildman–Crippen LogP) is 4.84. The minimum atomic E-state index is -0.698. The highest BCUT2D eigenvalue weighted by Crippen LogP contribution is 2.29. The number of nitrogens with zero attached hydrogens (tertiary/aromatic N) is 4. The van der Waals surface area contributed by atoms with Crippen LogP contribution in [0.15, 0.2) is 84.9 Å². The van der Waals surface area contributed by atoms with E-state index in [1.54, 1.807) is 48.1 Å². The number of nitrogens with one attached hydrogen (secondary N) is 1. The van der Waals surface area contributed by atoms with Gasteiger partial charge in [0.1, 0.15) is 29.6 Å². The fraction of sp³-hybridized carbons (Fsp3) is 0.290. The van der Waals surface area contributed by atoms with Crippen LogP contribution in [0.1, 0.15) is 24.8 Å². The van der Waals surface area contributed by atoms with E-state index >= 15 is 0 Å². The number of hydrogen-bond acceptors (Lipinski definition) is 6. The Kier molecular flexibility index (Phi) is 8.39. The van der Waals surface area contributed by atoms with Crippen molar-refractivity contribution in [1.29, 1.82) is 0 Å². The first-order valence-electron chi connectivity index (χ1n) is 13.4. The predicted molar refractivity (Wildman–Crippen MR) is 153 cm³/mol. The lowest BCUT2D eigenvalue weighted by Crippen LogP contribution is -2.52. The van der Waals surface area contributed by atoms with Gasteiger partial charge in [0.25, 0.3) is 0 Å². The molecule has 0 saturated heterocycles. The molecule has 0 spiro atoms. The van der Waals surface area contributed by atoms with Gasteiger partial charge in [-0.25, -0.2) is 4.68 Å². The summed E-state index contributed by atoms with van der Waals surface area (Å²) < 4.78 is 12.2. The Balaban J connectivity index is 1.49. The van der Waals surface area contributed by atoms with Crippen LogP contribution in [0, 0.1) is 5.92 Å². The average Bonchev–Trinajstić information content (AvgIpc) is 3.40. The first-order valence-corrected chi connectivity index (χ1v) is 13.4. The van der Waals surface area contributed by atoms with Gasteiger partial charge in [0.2, 0.25) is 11.8 Å². The van der Waals surface area contributed by atoms with Crippen LogP contribution < -0.4 is 14.8 Å². The molecule has 0 aliphatic heterocycles. The van der Waals surface area contributed by atoms with Gasteiger partial charge in [-0.05, 0) is 79.3 Å². The number of benzene rings is 3. The second-order valence-corrected chi connectivity index (χ2v) is 9.81. The SMILES string of the molecule is COc1ccc(CN(C(=O)Cn2nnc3ccccc32)[C@H](C(=O)Nc2ccc(OC)cc2)[C@@H]2CC=CCC2)cc1. The summed E-state index contributed by atoms with van der Waals surface area (Å²) in [6.45, 7) is 0.224. The lowest BCUT2D eigenvalue weighted by atomic mass is 9.85. The van der Waals surface area contributed by atoms with Crippen molar-refractivity contribution in [3.8, 4) is 11.5 Å². The summed E-state index contributed by atoms with van der Waals surface area (Å²) in [5.74, 6) is 0.940. The van der Waals surface area contributed by atoms with Crippen LogP contribution in [0.25, 0.3) is 11.0 Å². The Morgan fingerprint density at radius 3 is 2.35 bits per heavy atom. The van der Waals surface area contributed by atoms with E-state index in [0.717, 1.165) is 29.7 Å². The zero-order chi connectivity index (χ0) is 27.9. The van der Waals surface area contributed by atoms with Crippen LogP contribution >= 0.6 is 0 Å². The fourth-order valence-corrected chi connectivity index (χ4v) is 5.13. The highest BCUT2D eigenvalue weighted by molar-refractivity contribution is 5.97. The summed E-state index contributed by atoms with van der Waals surface area (Å²) in [6.07, 6.45) is 6.60. The molecule has 0 unspecified atom stereocenters. The molecule has 9 nitrogen and oxygen atoms in total.